The van der Waals surface area contributed by atoms with Crippen LogP contribution in [0.15, 0.2) is 60.0 Å². The van der Waals surface area contributed by atoms with Crippen molar-refractivity contribution in [2.24, 2.45) is 5.92 Å². The molecule has 38 heavy (non-hydrogen) atoms. The summed E-state index contributed by atoms with van der Waals surface area (Å²) in [5, 5.41) is 2.02. The molecule has 2 amide bonds. The lowest BCUT2D eigenvalue weighted by Crippen LogP contribution is -2.43. The normalized spacial score (nSPS) is 11.1. The minimum absolute atomic E-state index is 0.00139. The Morgan fingerprint density at radius 2 is 1.55 bits per heavy atom. The summed E-state index contributed by atoms with van der Waals surface area (Å²) in [5.41, 5.74) is 3.83. The third kappa shape index (κ3) is 9.09. The van der Waals surface area contributed by atoms with Gasteiger partial charge >= 0.3 is 0 Å². The maximum atomic E-state index is 13.7. The first-order chi connectivity index (χ1) is 18.3. The quantitative estimate of drug-likeness (QED) is 0.199. The van der Waals surface area contributed by atoms with E-state index in [1.807, 2.05) is 42.6 Å². The molecule has 204 valence electrons. The number of amides is 2. The summed E-state index contributed by atoms with van der Waals surface area (Å²) < 4.78 is 13.5. The van der Waals surface area contributed by atoms with Crippen molar-refractivity contribution in [3.63, 3.8) is 0 Å². The Morgan fingerprint density at radius 1 is 0.868 bits per heavy atom. The molecule has 0 spiro atoms. The Labute approximate surface area is 231 Å². The highest BCUT2D eigenvalue weighted by Gasteiger charge is 2.24. The smallest absolute Gasteiger partial charge is 0.254 e. The summed E-state index contributed by atoms with van der Waals surface area (Å²) in [6.45, 7) is 9.65. The van der Waals surface area contributed by atoms with Crippen LogP contribution in [0, 0.1) is 18.7 Å². The summed E-state index contributed by atoms with van der Waals surface area (Å²) in [7, 11) is 0. The molecule has 6 heteroatoms. The number of thiophene rings is 1. The molecule has 1 heterocycles. The zero-order valence-corrected chi connectivity index (χ0v) is 24.0. The molecule has 0 saturated heterocycles. The molecule has 0 fully saturated rings. The van der Waals surface area contributed by atoms with Gasteiger partial charge in [0.25, 0.3) is 5.91 Å². The van der Waals surface area contributed by atoms with Gasteiger partial charge < -0.3 is 9.80 Å². The van der Waals surface area contributed by atoms with E-state index in [0.29, 0.717) is 25.2 Å². The molecule has 0 bridgehead atoms. The Hall–Kier alpha value is -2.99. The van der Waals surface area contributed by atoms with E-state index in [4.69, 9.17) is 0 Å². The Bertz CT molecular complexity index is 1150. The zero-order valence-electron chi connectivity index (χ0n) is 23.2. The number of halogens is 1. The van der Waals surface area contributed by atoms with Crippen molar-refractivity contribution in [3.8, 4) is 0 Å². The molecule has 4 nitrogen and oxygen atoms in total. The summed E-state index contributed by atoms with van der Waals surface area (Å²) in [6.07, 6.45) is 5.86. The molecule has 3 rings (SSSR count). The van der Waals surface area contributed by atoms with E-state index < -0.39 is 0 Å². The third-order valence-electron chi connectivity index (χ3n) is 6.66. The highest BCUT2D eigenvalue weighted by atomic mass is 32.1. The van der Waals surface area contributed by atoms with E-state index in [2.05, 4.69) is 20.8 Å². The van der Waals surface area contributed by atoms with E-state index in [9.17, 15) is 14.0 Å². The van der Waals surface area contributed by atoms with Gasteiger partial charge in [0, 0.05) is 23.5 Å². The standard InChI is InChI=1S/C32H41FN2O2S/c1-5-6-7-8-9-26-10-14-28(15-11-26)32(37)35(20-24(2)3)23-31(36)34(22-30-25(4)18-19-38-30)21-27-12-16-29(33)17-13-27/h10-19,24H,5-9,20-23H2,1-4H3. The van der Waals surface area contributed by atoms with Crippen molar-refractivity contribution in [2.75, 3.05) is 13.1 Å². The number of benzene rings is 2. The molecular formula is C32H41FN2O2S. The first-order valence-electron chi connectivity index (χ1n) is 13.7. The van der Waals surface area contributed by atoms with Crippen molar-refractivity contribution in [1.82, 2.24) is 9.80 Å². The van der Waals surface area contributed by atoms with Crippen LogP contribution in [0.3, 0.4) is 0 Å². The lowest BCUT2D eigenvalue weighted by molar-refractivity contribution is -0.133. The van der Waals surface area contributed by atoms with Gasteiger partial charge in [0.05, 0.1) is 6.54 Å². The van der Waals surface area contributed by atoms with E-state index >= 15 is 0 Å². The highest BCUT2D eigenvalue weighted by molar-refractivity contribution is 7.10. The number of unbranched alkanes of at least 4 members (excludes halogenated alkanes) is 3. The van der Waals surface area contributed by atoms with Gasteiger partial charge in [-0.15, -0.1) is 11.3 Å². The summed E-state index contributed by atoms with van der Waals surface area (Å²) in [6, 6.07) is 16.1. The maximum absolute atomic E-state index is 13.7. The van der Waals surface area contributed by atoms with Crippen LogP contribution >= 0.6 is 11.3 Å². The van der Waals surface area contributed by atoms with Gasteiger partial charge in [-0.3, -0.25) is 9.59 Å². The molecule has 3 aromatic rings. The van der Waals surface area contributed by atoms with Gasteiger partial charge in [0.2, 0.25) is 5.91 Å². The average molecular weight is 537 g/mol. The van der Waals surface area contributed by atoms with Crippen molar-refractivity contribution >= 4 is 23.2 Å². The first kappa shape index (κ1) is 29.6. The summed E-state index contributed by atoms with van der Waals surface area (Å²) >= 11 is 1.62. The van der Waals surface area contributed by atoms with Crippen LogP contribution in [0.1, 0.15) is 78.4 Å². The largest absolute Gasteiger partial charge is 0.332 e. The molecule has 2 aromatic carbocycles. The van der Waals surface area contributed by atoms with Crippen LogP contribution in [0.5, 0.6) is 0 Å². The molecule has 0 aliphatic heterocycles. The molecule has 1 aromatic heterocycles. The number of rotatable bonds is 14. The number of hydrogen-bond donors (Lipinski definition) is 0. The van der Waals surface area contributed by atoms with Gasteiger partial charge in [0.1, 0.15) is 12.4 Å². The summed E-state index contributed by atoms with van der Waals surface area (Å²) in [5.74, 6) is -0.335. The van der Waals surface area contributed by atoms with E-state index in [-0.39, 0.29) is 30.1 Å². The fraction of sp³-hybridized carbons (Fsp3) is 0.438. The zero-order chi connectivity index (χ0) is 27.5. The number of hydrogen-bond acceptors (Lipinski definition) is 3. The number of carbonyl (C=O) groups is 2. The summed E-state index contributed by atoms with van der Waals surface area (Å²) in [4.78, 5) is 31.7. The molecule has 0 atom stereocenters. The van der Waals surface area contributed by atoms with Crippen molar-refractivity contribution in [3.05, 3.63) is 92.9 Å². The predicted octanol–water partition coefficient (Wildman–Crippen LogP) is 7.65. The fourth-order valence-corrected chi connectivity index (χ4v) is 5.38. The average Bonchev–Trinajstić information content (AvgIpc) is 3.30. The van der Waals surface area contributed by atoms with Gasteiger partial charge in [-0.05, 0) is 78.1 Å². The molecule has 0 radical (unpaired) electrons. The third-order valence-corrected chi connectivity index (χ3v) is 7.67. The molecule has 0 N–H and O–H groups in total. The lowest BCUT2D eigenvalue weighted by atomic mass is 10.0. The molecule has 0 unspecified atom stereocenters. The molecule has 0 saturated carbocycles. The van der Waals surface area contributed by atoms with E-state index in [0.717, 1.165) is 28.8 Å². The Kier molecular flexibility index (Phi) is 11.5. The lowest BCUT2D eigenvalue weighted by Gasteiger charge is -2.29. The Balaban J connectivity index is 1.75. The molecule has 0 aliphatic carbocycles. The van der Waals surface area contributed by atoms with Crippen LogP contribution in [-0.4, -0.2) is 34.7 Å². The number of aryl methyl sites for hydroxylation is 2. The SMILES string of the molecule is CCCCCCc1ccc(C(=O)N(CC(=O)N(Cc2ccc(F)cc2)Cc2sccc2C)CC(C)C)cc1. The maximum Gasteiger partial charge on any atom is 0.254 e. The second-order valence-electron chi connectivity index (χ2n) is 10.5. The Morgan fingerprint density at radius 3 is 2.16 bits per heavy atom. The van der Waals surface area contributed by atoms with Crippen LogP contribution in [0.2, 0.25) is 0 Å². The van der Waals surface area contributed by atoms with Gasteiger partial charge in [-0.2, -0.15) is 0 Å². The first-order valence-corrected chi connectivity index (χ1v) is 14.6. The highest BCUT2D eigenvalue weighted by Crippen LogP contribution is 2.20. The van der Waals surface area contributed by atoms with Crippen molar-refractivity contribution < 1.29 is 14.0 Å². The second kappa shape index (κ2) is 14.8. The number of nitrogens with zero attached hydrogens (tertiary/aromatic N) is 2. The van der Waals surface area contributed by atoms with Gasteiger partial charge in [-0.1, -0.05) is 64.3 Å². The minimum Gasteiger partial charge on any atom is -0.332 e. The monoisotopic (exact) mass is 536 g/mol. The van der Waals surface area contributed by atoms with E-state index in [1.165, 1.54) is 37.0 Å². The van der Waals surface area contributed by atoms with Crippen LogP contribution < -0.4 is 0 Å². The van der Waals surface area contributed by atoms with Crippen LogP contribution in [0.4, 0.5) is 4.39 Å². The second-order valence-corrected chi connectivity index (χ2v) is 11.5. The van der Waals surface area contributed by atoms with Crippen LogP contribution in [0.25, 0.3) is 0 Å². The van der Waals surface area contributed by atoms with Gasteiger partial charge in [-0.25, -0.2) is 4.39 Å². The predicted molar refractivity (Wildman–Crippen MR) is 155 cm³/mol. The fourth-order valence-electron chi connectivity index (χ4n) is 4.46. The van der Waals surface area contributed by atoms with Crippen molar-refractivity contribution in [1.29, 1.82) is 0 Å². The molecular weight excluding hydrogens is 495 g/mol. The minimum atomic E-state index is -0.304. The van der Waals surface area contributed by atoms with Gasteiger partial charge in [0.15, 0.2) is 0 Å². The topological polar surface area (TPSA) is 40.6 Å². The van der Waals surface area contributed by atoms with E-state index in [1.54, 1.807) is 33.3 Å². The number of carbonyl (C=O) groups excluding carboxylic acids is 2. The molecule has 0 aliphatic rings. The van der Waals surface area contributed by atoms with Crippen molar-refractivity contribution in [2.45, 2.75) is 72.9 Å². The van der Waals surface area contributed by atoms with Crippen LogP contribution in [-0.2, 0) is 24.3 Å².